The van der Waals surface area contributed by atoms with Crippen molar-refractivity contribution in [3.8, 4) is 0 Å². The molecular weight excluding hydrogens is 309 g/mol. The van der Waals surface area contributed by atoms with Crippen LogP contribution in [0.2, 0.25) is 5.02 Å². The molecule has 114 valence electrons. The minimum absolute atomic E-state index is 0.0711. The molecule has 21 heavy (non-hydrogen) atoms. The first-order chi connectivity index (χ1) is 9.68. The average molecular weight is 321 g/mol. The maximum Gasteiger partial charge on any atom is 0.416 e. The van der Waals surface area contributed by atoms with Gasteiger partial charge in [-0.2, -0.15) is 13.2 Å². The number of hydrogen-bond donors (Lipinski definition) is 1. The van der Waals surface area contributed by atoms with Crippen molar-refractivity contribution in [2.24, 2.45) is 0 Å². The van der Waals surface area contributed by atoms with Crippen molar-refractivity contribution >= 4 is 23.4 Å². The molecule has 0 bridgehead atoms. The maximum absolute atomic E-state index is 12.6. The number of nitrogens with zero attached hydrogens (tertiary/aromatic N) is 1. The van der Waals surface area contributed by atoms with Crippen molar-refractivity contribution in [2.45, 2.75) is 18.6 Å². The Labute approximate surface area is 123 Å². The minimum Gasteiger partial charge on any atom is -0.347 e. The molecule has 1 aromatic carbocycles. The van der Waals surface area contributed by atoms with Crippen molar-refractivity contribution in [3.63, 3.8) is 0 Å². The third kappa shape index (κ3) is 3.47. The Balaban J connectivity index is 2.17. The Kier molecular flexibility index (Phi) is 4.13. The van der Waals surface area contributed by atoms with Gasteiger partial charge in [0.15, 0.2) is 0 Å². The van der Waals surface area contributed by atoms with Crippen molar-refractivity contribution < 1.29 is 22.8 Å². The minimum atomic E-state index is -4.55. The molecular formula is C13H12ClF3N2O2. The van der Waals surface area contributed by atoms with Crippen LogP contribution in [0.15, 0.2) is 18.2 Å². The maximum atomic E-state index is 12.6. The van der Waals surface area contributed by atoms with Crippen LogP contribution in [0.1, 0.15) is 22.3 Å². The number of benzene rings is 1. The highest BCUT2D eigenvalue weighted by molar-refractivity contribution is 6.33. The largest absolute Gasteiger partial charge is 0.416 e. The number of halogens is 4. The van der Waals surface area contributed by atoms with Crippen molar-refractivity contribution in [1.29, 1.82) is 0 Å². The monoisotopic (exact) mass is 320 g/mol. The molecule has 1 aliphatic rings. The number of hydrogen-bond acceptors (Lipinski definition) is 2. The summed E-state index contributed by atoms with van der Waals surface area (Å²) in [5, 5.41) is 2.45. The van der Waals surface area contributed by atoms with E-state index >= 15 is 0 Å². The number of carbonyl (C=O) groups is 2. The Bertz CT molecular complexity index is 589. The lowest BCUT2D eigenvalue weighted by molar-refractivity contribution is -0.137. The molecule has 0 aliphatic carbocycles. The number of nitrogens with one attached hydrogen (secondary N) is 1. The molecule has 0 spiro atoms. The van der Waals surface area contributed by atoms with Gasteiger partial charge < -0.3 is 10.2 Å². The number of amides is 2. The first-order valence-corrected chi connectivity index (χ1v) is 6.48. The second-order valence-corrected chi connectivity index (χ2v) is 5.25. The smallest absolute Gasteiger partial charge is 0.347 e. The first kappa shape index (κ1) is 15.6. The Morgan fingerprint density at radius 1 is 1.43 bits per heavy atom. The van der Waals surface area contributed by atoms with Crippen LogP contribution in [0.4, 0.5) is 13.2 Å². The standard InChI is InChI=1S/C13H12ClF3N2O2/c1-19-6-8(5-11(19)20)18-12(21)9-4-7(13(15,16)17)2-3-10(9)14/h2-4,8H,5-6H2,1H3,(H,18,21)/t8-/m1/s1. The average Bonchev–Trinajstić information content (AvgIpc) is 2.67. The van der Waals surface area contributed by atoms with Gasteiger partial charge in [-0.15, -0.1) is 0 Å². The summed E-state index contributed by atoms with van der Waals surface area (Å²) in [6.45, 7) is 0.321. The topological polar surface area (TPSA) is 49.4 Å². The Morgan fingerprint density at radius 3 is 2.62 bits per heavy atom. The molecule has 4 nitrogen and oxygen atoms in total. The number of rotatable bonds is 2. The first-order valence-electron chi connectivity index (χ1n) is 6.10. The van der Waals surface area contributed by atoms with E-state index < -0.39 is 23.7 Å². The van der Waals surface area contributed by atoms with Gasteiger partial charge in [0.05, 0.1) is 22.2 Å². The molecule has 1 atom stereocenters. The lowest BCUT2D eigenvalue weighted by atomic mass is 10.1. The third-order valence-corrected chi connectivity index (χ3v) is 3.54. The lowest BCUT2D eigenvalue weighted by Gasteiger charge is -2.14. The van der Waals surface area contributed by atoms with E-state index in [1.165, 1.54) is 4.90 Å². The van der Waals surface area contributed by atoms with E-state index in [0.29, 0.717) is 12.6 Å². The normalized spacial score (nSPS) is 19.0. The second kappa shape index (κ2) is 5.55. The van der Waals surface area contributed by atoms with Crippen LogP contribution in [0, 0.1) is 0 Å². The quantitative estimate of drug-likeness (QED) is 0.909. The highest BCUT2D eigenvalue weighted by Crippen LogP contribution is 2.31. The molecule has 8 heteroatoms. The van der Waals surface area contributed by atoms with E-state index in [2.05, 4.69) is 5.32 Å². The molecule has 0 aromatic heterocycles. The summed E-state index contributed by atoms with van der Waals surface area (Å²) < 4.78 is 37.9. The number of likely N-dealkylation sites (N-methyl/N-ethyl adjacent to an activating group) is 1. The fourth-order valence-electron chi connectivity index (χ4n) is 2.10. The van der Waals surface area contributed by atoms with Gasteiger partial charge in [-0.1, -0.05) is 11.6 Å². The van der Waals surface area contributed by atoms with Crippen LogP contribution < -0.4 is 5.32 Å². The zero-order valence-corrected chi connectivity index (χ0v) is 11.8. The van der Waals surface area contributed by atoms with E-state index in [4.69, 9.17) is 11.6 Å². The molecule has 1 aliphatic heterocycles. The third-order valence-electron chi connectivity index (χ3n) is 3.21. The van der Waals surface area contributed by atoms with Gasteiger partial charge in [0, 0.05) is 20.0 Å². The summed E-state index contributed by atoms with van der Waals surface area (Å²) in [5.41, 5.74) is -1.20. The fourth-order valence-corrected chi connectivity index (χ4v) is 2.30. The fraction of sp³-hybridized carbons (Fsp3) is 0.385. The zero-order valence-electron chi connectivity index (χ0n) is 11.0. The molecule has 0 saturated carbocycles. The van der Waals surface area contributed by atoms with Crippen LogP contribution in [-0.2, 0) is 11.0 Å². The van der Waals surface area contributed by atoms with Gasteiger partial charge in [0.1, 0.15) is 0 Å². The number of likely N-dealkylation sites (tertiary alicyclic amines) is 1. The Morgan fingerprint density at radius 2 is 2.10 bits per heavy atom. The van der Waals surface area contributed by atoms with E-state index in [9.17, 15) is 22.8 Å². The number of carbonyl (C=O) groups excluding carboxylic acids is 2. The molecule has 1 saturated heterocycles. The summed E-state index contributed by atoms with van der Waals surface area (Å²) in [4.78, 5) is 24.8. The van der Waals surface area contributed by atoms with E-state index in [1.54, 1.807) is 7.05 Å². The predicted octanol–water partition coefficient (Wildman–Crippen LogP) is 2.32. The molecule has 0 radical (unpaired) electrons. The summed E-state index contributed by atoms with van der Waals surface area (Å²) in [5.74, 6) is -0.852. The lowest BCUT2D eigenvalue weighted by Crippen LogP contribution is -2.36. The highest BCUT2D eigenvalue weighted by Gasteiger charge is 2.33. The second-order valence-electron chi connectivity index (χ2n) is 4.84. The molecule has 1 heterocycles. The van der Waals surface area contributed by atoms with Crippen molar-refractivity contribution in [2.75, 3.05) is 13.6 Å². The summed E-state index contributed by atoms with van der Waals surface area (Å²) in [6.07, 6.45) is -4.43. The van der Waals surface area contributed by atoms with Gasteiger partial charge in [0.25, 0.3) is 5.91 Å². The molecule has 2 rings (SSSR count). The van der Waals surface area contributed by atoms with Crippen LogP contribution >= 0.6 is 11.6 Å². The van der Waals surface area contributed by atoms with Crippen LogP contribution in [0.25, 0.3) is 0 Å². The van der Waals surface area contributed by atoms with Crippen LogP contribution in [0.3, 0.4) is 0 Å². The molecule has 1 fully saturated rings. The van der Waals surface area contributed by atoms with Gasteiger partial charge >= 0.3 is 6.18 Å². The predicted molar refractivity (Wildman–Crippen MR) is 70.0 cm³/mol. The molecule has 0 unspecified atom stereocenters. The Hall–Kier alpha value is -1.76. The molecule has 2 amide bonds. The van der Waals surface area contributed by atoms with Gasteiger partial charge in [-0.05, 0) is 18.2 Å². The van der Waals surface area contributed by atoms with E-state index in [-0.39, 0.29) is 22.9 Å². The molecule has 1 aromatic rings. The summed E-state index contributed by atoms with van der Waals surface area (Å²) >= 11 is 5.78. The number of alkyl halides is 3. The highest BCUT2D eigenvalue weighted by atomic mass is 35.5. The van der Waals surface area contributed by atoms with Crippen molar-refractivity contribution in [1.82, 2.24) is 10.2 Å². The van der Waals surface area contributed by atoms with Gasteiger partial charge in [-0.25, -0.2) is 0 Å². The zero-order chi connectivity index (χ0) is 15.8. The molecule has 1 N–H and O–H groups in total. The summed E-state index contributed by atoms with van der Waals surface area (Å²) in [7, 11) is 1.59. The van der Waals surface area contributed by atoms with E-state index in [1.807, 2.05) is 0 Å². The van der Waals surface area contributed by atoms with Crippen LogP contribution in [0.5, 0.6) is 0 Å². The van der Waals surface area contributed by atoms with Crippen molar-refractivity contribution in [3.05, 3.63) is 34.3 Å². The van der Waals surface area contributed by atoms with E-state index in [0.717, 1.165) is 12.1 Å². The van der Waals surface area contributed by atoms with Gasteiger partial charge in [0.2, 0.25) is 5.91 Å². The summed E-state index contributed by atoms with van der Waals surface area (Å²) in [6, 6.07) is 2.12. The van der Waals surface area contributed by atoms with Crippen LogP contribution in [-0.4, -0.2) is 36.3 Å². The van der Waals surface area contributed by atoms with Gasteiger partial charge in [-0.3, -0.25) is 9.59 Å². The SMILES string of the molecule is CN1C[C@H](NC(=O)c2cc(C(F)(F)F)ccc2Cl)CC1=O.